The van der Waals surface area contributed by atoms with Crippen molar-refractivity contribution in [2.75, 3.05) is 57.4 Å². The lowest BCUT2D eigenvalue weighted by molar-refractivity contribution is -0.149. The zero-order valence-electron chi connectivity index (χ0n) is 59.8. The van der Waals surface area contributed by atoms with E-state index < -0.39 is 222 Å². The molecule has 38 heteroatoms. The summed E-state index contributed by atoms with van der Waals surface area (Å²) in [4.78, 5) is 233. The summed E-state index contributed by atoms with van der Waals surface area (Å²) in [5, 5.41) is 62.3. The number of nitrogens with zero attached hydrogens (tertiary/aromatic N) is 3. The van der Waals surface area contributed by atoms with Crippen LogP contribution in [0.4, 0.5) is 4.79 Å². The molecular formula is C67H103N17O19S2. The minimum Gasteiger partial charge on any atom is -0.481 e. The minimum absolute atomic E-state index is 0.0133. The Bertz CT molecular complexity index is 3290. The lowest BCUT2D eigenvalue weighted by Crippen LogP contribution is -2.62. The van der Waals surface area contributed by atoms with Crippen molar-refractivity contribution in [3.05, 3.63) is 35.9 Å². The van der Waals surface area contributed by atoms with Crippen LogP contribution in [0.5, 0.6) is 0 Å². The van der Waals surface area contributed by atoms with Gasteiger partial charge in [0.05, 0.1) is 25.7 Å². The summed E-state index contributed by atoms with van der Waals surface area (Å²) in [6, 6.07) is -12.6. The second-order valence-corrected chi connectivity index (χ2v) is 29.6. The number of rotatable bonds is 18. The largest absolute Gasteiger partial charge is 0.481 e. The van der Waals surface area contributed by atoms with Crippen LogP contribution in [0.15, 0.2) is 30.3 Å². The number of benzene rings is 1. The Morgan fingerprint density at radius 1 is 0.533 bits per heavy atom. The first-order chi connectivity index (χ1) is 50.0. The molecule has 582 valence electrons. The third-order valence-corrected chi connectivity index (χ3v) is 21.7. The predicted octanol–water partition coefficient (Wildman–Crippen LogP) is -4.91. The molecular weight excluding hydrogens is 1410 g/mol. The number of aliphatic carboxylic acids is 1. The van der Waals surface area contributed by atoms with Crippen LogP contribution in [0, 0.1) is 11.8 Å². The first-order valence-corrected chi connectivity index (χ1v) is 38.3. The van der Waals surface area contributed by atoms with Crippen LogP contribution < -0.4 is 75.3 Å². The van der Waals surface area contributed by atoms with E-state index in [1.165, 1.54) is 14.7 Å². The van der Waals surface area contributed by atoms with Gasteiger partial charge in [0.15, 0.2) is 0 Å². The Kier molecular flexibility index (Phi) is 33.8. The molecule has 0 radical (unpaired) electrons. The summed E-state index contributed by atoms with van der Waals surface area (Å²) in [6.07, 6.45) is -1.22. The van der Waals surface area contributed by atoms with Gasteiger partial charge in [-0.15, -0.1) is 0 Å². The van der Waals surface area contributed by atoms with Crippen LogP contribution >= 0.6 is 21.6 Å². The number of aliphatic hydroxyl groups excluding tert-OH is 2. The molecule has 5 saturated heterocycles. The lowest BCUT2D eigenvalue weighted by atomic mass is 9.96. The molecule has 5 heterocycles. The average molecular weight is 1510 g/mol. The quantitative estimate of drug-likeness (QED) is 0.0484. The normalized spacial score (nSPS) is 28.5. The molecule has 105 heavy (non-hydrogen) atoms. The van der Waals surface area contributed by atoms with Crippen LogP contribution in [-0.2, 0) is 78.3 Å². The van der Waals surface area contributed by atoms with Gasteiger partial charge < -0.3 is 105 Å². The van der Waals surface area contributed by atoms with Crippen LogP contribution in [0.3, 0.4) is 0 Å². The molecule has 16 atom stereocenters. The number of hydrogen-bond acceptors (Lipinski definition) is 21. The number of urea groups is 1. The van der Waals surface area contributed by atoms with Crippen molar-refractivity contribution in [3.63, 3.8) is 0 Å². The summed E-state index contributed by atoms with van der Waals surface area (Å²) in [5.74, 6) is -17.1. The molecule has 19 N–H and O–H groups in total. The van der Waals surface area contributed by atoms with E-state index in [1.54, 1.807) is 58.0 Å². The summed E-state index contributed by atoms with van der Waals surface area (Å²) < 4.78 is 0. The van der Waals surface area contributed by atoms with Crippen molar-refractivity contribution < 1.29 is 92.0 Å². The highest BCUT2D eigenvalue weighted by Crippen LogP contribution is 2.29. The number of unbranched alkanes of at least 4 members (excludes halogenated alkanes) is 1. The highest BCUT2D eigenvalue weighted by atomic mass is 33.1. The molecule has 5 aliphatic rings. The van der Waals surface area contributed by atoms with E-state index in [0.29, 0.717) is 31.2 Å². The van der Waals surface area contributed by atoms with Gasteiger partial charge in [0.25, 0.3) is 0 Å². The zero-order valence-corrected chi connectivity index (χ0v) is 61.4. The fourth-order valence-electron chi connectivity index (χ4n) is 12.9. The van der Waals surface area contributed by atoms with Gasteiger partial charge in [-0.05, 0) is 101 Å². The predicted molar refractivity (Wildman–Crippen MR) is 381 cm³/mol. The number of carbonyl (C=O) groups excluding carboxylic acids is 15. The molecule has 0 unspecified atom stereocenters. The van der Waals surface area contributed by atoms with E-state index in [1.807, 2.05) is 0 Å². The van der Waals surface area contributed by atoms with Gasteiger partial charge in [0.2, 0.25) is 82.7 Å². The number of carboxylic acid groups (broad SMARTS) is 1. The van der Waals surface area contributed by atoms with Crippen LogP contribution in [-0.4, -0.2) is 267 Å². The van der Waals surface area contributed by atoms with Gasteiger partial charge in [-0.2, -0.15) is 0 Å². The average Bonchev–Trinajstić information content (AvgIpc) is 1.69. The van der Waals surface area contributed by atoms with Crippen molar-refractivity contribution in [1.29, 1.82) is 0 Å². The van der Waals surface area contributed by atoms with E-state index in [2.05, 4.69) is 63.8 Å². The molecule has 0 spiro atoms. The smallest absolute Gasteiger partial charge is 0.312 e. The molecule has 6 rings (SSSR count). The molecule has 0 aliphatic carbocycles. The molecule has 5 fully saturated rings. The minimum atomic E-state index is -1.96. The van der Waals surface area contributed by atoms with Gasteiger partial charge in [-0.25, -0.2) is 4.79 Å². The summed E-state index contributed by atoms with van der Waals surface area (Å²) in [7, 11) is 1.67. The van der Waals surface area contributed by atoms with Crippen molar-refractivity contribution >= 4 is 116 Å². The van der Waals surface area contributed by atoms with Crippen LogP contribution in [0.25, 0.3) is 0 Å². The van der Waals surface area contributed by atoms with Gasteiger partial charge in [0, 0.05) is 44.1 Å². The lowest BCUT2D eigenvalue weighted by Gasteiger charge is -2.35. The van der Waals surface area contributed by atoms with Crippen molar-refractivity contribution in [2.45, 2.75) is 216 Å². The molecule has 2 bridgehead atoms. The van der Waals surface area contributed by atoms with Gasteiger partial charge in [-0.3, -0.25) is 71.9 Å². The summed E-state index contributed by atoms with van der Waals surface area (Å²) in [5.41, 5.74) is 11.6. The number of amides is 16. The maximum atomic E-state index is 15.3. The summed E-state index contributed by atoms with van der Waals surface area (Å²) in [6.45, 7) is 6.08. The number of fused-ring (bicyclic) bond motifs is 8. The highest BCUT2D eigenvalue weighted by Gasteiger charge is 2.47. The van der Waals surface area contributed by atoms with Crippen LogP contribution in [0.2, 0.25) is 0 Å². The number of nitrogens with two attached hydrogens (primary N) is 2. The van der Waals surface area contributed by atoms with E-state index >= 15 is 14.4 Å². The molecule has 0 aromatic heterocycles. The number of aliphatic hydroxyl groups is 2. The third kappa shape index (κ3) is 24.6. The van der Waals surface area contributed by atoms with E-state index in [4.69, 9.17) is 11.5 Å². The monoisotopic (exact) mass is 1510 g/mol. The Morgan fingerprint density at radius 2 is 1.01 bits per heavy atom. The van der Waals surface area contributed by atoms with E-state index in [9.17, 15) is 77.6 Å². The maximum Gasteiger partial charge on any atom is 0.312 e. The fourth-order valence-corrected chi connectivity index (χ4v) is 15.3. The second-order valence-electron chi connectivity index (χ2n) is 27.0. The molecule has 16 amide bonds. The van der Waals surface area contributed by atoms with E-state index in [0.717, 1.165) is 28.5 Å². The van der Waals surface area contributed by atoms with Crippen molar-refractivity contribution in [3.8, 4) is 0 Å². The summed E-state index contributed by atoms with van der Waals surface area (Å²) >= 11 is 0. The van der Waals surface area contributed by atoms with Crippen LogP contribution in [0.1, 0.15) is 130 Å². The molecule has 1 aromatic carbocycles. The van der Waals surface area contributed by atoms with Crippen molar-refractivity contribution in [2.24, 2.45) is 23.3 Å². The SMILES string of the molecule is CC[C@H](C)[C@@H]1NC(=O)[C@@H]2CCCN2C(=O)[C@@H]2CCCN2C(=O)[C@H]([C@@H](C)CC)NC(=O)[C@H](CO)NC(=O)[C@H](CCCCN)NC(=O)[C@H]([C@@H](C)O)NC(=O)[C@@H]2CSSC[C@H](NC1=O)C(=O)N[C@@H](Cc1ccccc1)C(=O)N1CCC[C@H]1C(=O)N[C@@H](CC(=O)O)C(=O)NCC(=O)N[C@@H](CCCNC(N)=O)C(=O)N2. The van der Waals surface area contributed by atoms with Gasteiger partial charge in [-0.1, -0.05) is 92.5 Å². The third-order valence-electron chi connectivity index (χ3n) is 19.3. The number of primary amides is 1. The van der Waals surface area contributed by atoms with E-state index in [-0.39, 0.29) is 96.9 Å². The van der Waals surface area contributed by atoms with Crippen molar-refractivity contribution in [1.82, 2.24) is 78.5 Å². The topological polar surface area (TPSA) is 540 Å². The maximum absolute atomic E-state index is 15.3. The Balaban J connectivity index is 1.50. The van der Waals surface area contributed by atoms with Gasteiger partial charge in [0.1, 0.15) is 78.5 Å². The molecule has 0 saturated carbocycles. The first-order valence-electron chi connectivity index (χ1n) is 35.8. The molecule has 1 aromatic rings. The molecule has 36 nitrogen and oxygen atoms in total. The number of carbonyl (C=O) groups is 16. The standard InChI is InChI=1S/C67H103N17O19S2/c1-6-35(3)51-62(98)78-44-33-104-105-34-45(77-55(91)39(20-13-25-70-67(69)103)72-49(87)31-71-54(90)41(30-50(88)89)74-60(96)46-21-14-26-82(46)64(100)42(75-58(44)94)29-38-17-9-8-10-18-38)59(95)81-53(37(5)86)63(99)73-40(19-11-12-24-68)56(92)76-43(32-85)57(93)80-52(36(4)7-2)66(102)84-28-16-23-48(84)65(101)83-27-15-22-47(83)61(97)79-51/h8-10,17-18,35-37,39-48,51-53,85-86H,6-7,11-16,19-34,68H2,1-5H3,(H,71,90)(H,72,87)(H,73,99)(H,74,96)(H,75,94)(H,76,92)(H,77,91)(H,78,98)(H,79,97)(H,80,93)(H,81,95)(H,88,89)(H3,69,70,103)/t35-,36-,37+,39-,40-,41-,42-,43-,44-,45-,46-,47-,48-,51-,52-,53-/m0/s1. The Hall–Kier alpha value is -8.88. The van der Waals surface area contributed by atoms with Gasteiger partial charge >= 0.3 is 12.0 Å². The molecule has 5 aliphatic heterocycles. The number of hydrogen-bond donors (Lipinski definition) is 17. The number of nitrogens with one attached hydrogen (secondary N) is 12. The fraction of sp³-hybridized carbons (Fsp3) is 0.672. The second kappa shape index (κ2) is 41.7. The first kappa shape index (κ1) is 85.1. The highest BCUT2D eigenvalue weighted by molar-refractivity contribution is 8.76. The Labute approximate surface area is 616 Å². The zero-order chi connectivity index (χ0) is 77.2. The Morgan fingerprint density at radius 3 is 1.59 bits per heavy atom. The number of carboxylic acids is 1.